The topological polar surface area (TPSA) is 97.3 Å². The van der Waals surface area contributed by atoms with Gasteiger partial charge in [-0.05, 0) is 60.2 Å². The van der Waals surface area contributed by atoms with Gasteiger partial charge in [-0.3, -0.25) is 20.1 Å². The molecule has 164 valence electrons. The van der Waals surface area contributed by atoms with E-state index in [1.165, 1.54) is 6.07 Å². The van der Waals surface area contributed by atoms with Gasteiger partial charge < -0.3 is 14.6 Å². The van der Waals surface area contributed by atoms with Gasteiger partial charge in [-0.1, -0.05) is 18.2 Å². The first-order valence-corrected chi connectivity index (χ1v) is 10.7. The van der Waals surface area contributed by atoms with Crippen LogP contribution in [-0.4, -0.2) is 24.9 Å². The smallest absolute Gasteiger partial charge is 0.280 e. The van der Waals surface area contributed by atoms with Gasteiger partial charge >= 0.3 is 0 Å². The number of benzene rings is 1. The van der Waals surface area contributed by atoms with Gasteiger partial charge in [-0.25, -0.2) is 0 Å². The van der Waals surface area contributed by atoms with E-state index >= 15 is 0 Å². The Morgan fingerprint density at radius 1 is 1.03 bits per heavy atom. The van der Waals surface area contributed by atoms with Gasteiger partial charge in [0, 0.05) is 31.2 Å². The van der Waals surface area contributed by atoms with Gasteiger partial charge in [-0.2, -0.15) is 0 Å². The number of nitrogens with zero attached hydrogens (tertiary/aromatic N) is 4. The Balaban J connectivity index is 1.56. The first-order valence-electron chi connectivity index (χ1n) is 10.3. The molecular weight excluding hydrogens is 438 g/mol. The van der Waals surface area contributed by atoms with Gasteiger partial charge in [0.1, 0.15) is 17.6 Å². The second kappa shape index (κ2) is 8.79. The SMILES string of the molecule is O=[N+]([O-])c1ccccc1-c1ccc(C2C(c3ccccn3)NC(=S)N2Cc2ccncc2)o1. The van der Waals surface area contributed by atoms with Crippen LogP contribution in [0.3, 0.4) is 0 Å². The number of aromatic nitrogens is 2. The van der Waals surface area contributed by atoms with Crippen molar-refractivity contribution in [3.63, 3.8) is 0 Å². The van der Waals surface area contributed by atoms with Crippen molar-refractivity contribution < 1.29 is 9.34 Å². The maximum atomic E-state index is 11.5. The summed E-state index contributed by atoms with van der Waals surface area (Å²) in [5.41, 5.74) is 2.29. The van der Waals surface area contributed by atoms with Crippen LogP contribution in [0, 0.1) is 10.1 Å². The molecular formula is C24H19N5O3S. The molecule has 4 heterocycles. The summed E-state index contributed by atoms with van der Waals surface area (Å²) in [6.45, 7) is 0.546. The molecule has 1 aromatic carbocycles. The number of nitrogens with one attached hydrogen (secondary N) is 1. The maximum Gasteiger partial charge on any atom is 0.280 e. The molecule has 0 saturated carbocycles. The van der Waals surface area contributed by atoms with E-state index in [9.17, 15) is 10.1 Å². The minimum absolute atomic E-state index is 0.00612. The molecule has 3 aromatic heterocycles. The fourth-order valence-electron chi connectivity index (χ4n) is 4.07. The van der Waals surface area contributed by atoms with E-state index in [1.807, 2.05) is 41.3 Å². The highest BCUT2D eigenvalue weighted by Gasteiger charge is 2.41. The zero-order valence-electron chi connectivity index (χ0n) is 17.4. The fourth-order valence-corrected chi connectivity index (χ4v) is 4.37. The Labute approximate surface area is 195 Å². The van der Waals surface area contributed by atoms with Gasteiger partial charge in [-0.15, -0.1) is 0 Å². The molecule has 1 aliphatic heterocycles. The lowest BCUT2D eigenvalue weighted by Gasteiger charge is -2.26. The largest absolute Gasteiger partial charge is 0.459 e. The van der Waals surface area contributed by atoms with Gasteiger partial charge in [0.2, 0.25) is 0 Å². The number of nitro benzene ring substituents is 1. The minimum atomic E-state index is -0.407. The van der Waals surface area contributed by atoms with Crippen molar-refractivity contribution >= 4 is 23.0 Å². The lowest BCUT2D eigenvalue weighted by molar-refractivity contribution is -0.384. The first kappa shape index (κ1) is 20.8. The molecule has 8 nitrogen and oxygen atoms in total. The van der Waals surface area contributed by atoms with E-state index in [0.29, 0.717) is 28.7 Å². The van der Waals surface area contributed by atoms with Gasteiger partial charge in [0.25, 0.3) is 5.69 Å². The second-order valence-corrected chi connectivity index (χ2v) is 7.97. The van der Waals surface area contributed by atoms with Crippen LogP contribution >= 0.6 is 12.2 Å². The Hall–Kier alpha value is -4.11. The van der Waals surface area contributed by atoms with E-state index in [-0.39, 0.29) is 17.8 Å². The van der Waals surface area contributed by atoms with Crippen molar-refractivity contribution in [1.82, 2.24) is 20.2 Å². The second-order valence-electron chi connectivity index (χ2n) is 7.59. The molecule has 4 aromatic rings. The molecule has 9 heteroatoms. The molecule has 0 spiro atoms. The third kappa shape index (κ3) is 4.06. The quantitative estimate of drug-likeness (QED) is 0.250. The predicted molar refractivity (Wildman–Crippen MR) is 126 cm³/mol. The van der Waals surface area contributed by atoms with Crippen LogP contribution in [0.5, 0.6) is 0 Å². The van der Waals surface area contributed by atoms with Crippen molar-refractivity contribution in [3.05, 3.63) is 112 Å². The Morgan fingerprint density at radius 2 is 1.82 bits per heavy atom. The zero-order chi connectivity index (χ0) is 22.8. The highest BCUT2D eigenvalue weighted by molar-refractivity contribution is 7.80. The van der Waals surface area contributed by atoms with Gasteiger partial charge in [0.15, 0.2) is 5.11 Å². The molecule has 0 radical (unpaired) electrons. The van der Waals surface area contributed by atoms with Crippen LogP contribution in [0.25, 0.3) is 11.3 Å². The molecule has 2 unspecified atom stereocenters. The number of hydrogen-bond donors (Lipinski definition) is 1. The van der Waals surface area contributed by atoms with Crippen molar-refractivity contribution in [1.29, 1.82) is 0 Å². The summed E-state index contributed by atoms with van der Waals surface area (Å²) in [4.78, 5) is 21.8. The predicted octanol–water partition coefficient (Wildman–Crippen LogP) is 4.82. The van der Waals surface area contributed by atoms with E-state index in [0.717, 1.165) is 11.3 Å². The summed E-state index contributed by atoms with van der Waals surface area (Å²) in [6.07, 6.45) is 5.23. The number of nitro groups is 1. The van der Waals surface area contributed by atoms with Crippen LogP contribution in [0.4, 0.5) is 5.69 Å². The summed E-state index contributed by atoms with van der Waals surface area (Å²) < 4.78 is 6.23. The van der Waals surface area contributed by atoms with Crippen molar-refractivity contribution in [2.75, 3.05) is 0 Å². The van der Waals surface area contributed by atoms with E-state index in [1.54, 1.807) is 42.9 Å². The summed E-state index contributed by atoms with van der Waals surface area (Å²) in [6, 6.07) is 19.2. The van der Waals surface area contributed by atoms with Crippen LogP contribution in [0.15, 0.2) is 89.7 Å². The number of pyridine rings is 2. The molecule has 1 fully saturated rings. The van der Waals surface area contributed by atoms with Crippen LogP contribution < -0.4 is 5.32 Å². The highest BCUT2D eigenvalue weighted by Crippen LogP contribution is 2.42. The molecule has 1 saturated heterocycles. The molecule has 1 N–H and O–H groups in total. The van der Waals surface area contributed by atoms with E-state index < -0.39 is 4.92 Å². The lowest BCUT2D eigenvalue weighted by Crippen LogP contribution is -2.29. The van der Waals surface area contributed by atoms with E-state index in [4.69, 9.17) is 16.6 Å². The average molecular weight is 458 g/mol. The van der Waals surface area contributed by atoms with E-state index in [2.05, 4.69) is 15.3 Å². The van der Waals surface area contributed by atoms with Gasteiger partial charge in [0.05, 0.1) is 22.2 Å². The van der Waals surface area contributed by atoms with Crippen LogP contribution in [-0.2, 0) is 6.54 Å². The Bertz CT molecular complexity index is 1300. The number of thiocarbonyl (C=S) groups is 1. The normalized spacial score (nSPS) is 17.7. The maximum absolute atomic E-state index is 11.5. The monoisotopic (exact) mass is 457 g/mol. The molecule has 0 bridgehead atoms. The van der Waals surface area contributed by atoms with Crippen LogP contribution in [0.2, 0.25) is 0 Å². The van der Waals surface area contributed by atoms with Crippen molar-refractivity contribution in [2.24, 2.45) is 0 Å². The summed E-state index contributed by atoms with van der Waals surface area (Å²) in [5.74, 6) is 1.07. The number of hydrogen-bond acceptors (Lipinski definition) is 6. The summed E-state index contributed by atoms with van der Waals surface area (Å²) in [5, 5.41) is 15.5. The third-order valence-electron chi connectivity index (χ3n) is 5.58. The standard InChI is InChI=1S/C24H19N5O3S/c30-29(31)19-7-2-1-5-17(19)20-8-9-21(32-20)23-22(18-6-3-4-12-26-18)27-24(33)28(23)15-16-10-13-25-14-11-16/h1-14,22-23H,15H2,(H,27,33). The average Bonchev–Trinajstić information content (AvgIpc) is 3.45. The Morgan fingerprint density at radius 3 is 2.58 bits per heavy atom. The zero-order valence-corrected chi connectivity index (χ0v) is 18.2. The lowest BCUT2D eigenvalue weighted by atomic mass is 10.0. The number of rotatable bonds is 6. The number of para-hydroxylation sites is 1. The highest BCUT2D eigenvalue weighted by atomic mass is 32.1. The molecule has 33 heavy (non-hydrogen) atoms. The molecule has 5 rings (SSSR count). The third-order valence-corrected chi connectivity index (χ3v) is 5.94. The summed E-state index contributed by atoms with van der Waals surface area (Å²) >= 11 is 5.69. The Kier molecular flexibility index (Phi) is 5.54. The first-order chi connectivity index (χ1) is 16.1. The van der Waals surface area contributed by atoms with Crippen molar-refractivity contribution in [3.8, 4) is 11.3 Å². The molecule has 0 amide bonds. The number of furan rings is 1. The molecule has 0 aliphatic carbocycles. The van der Waals surface area contributed by atoms with Crippen molar-refractivity contribution in [2.45, 2.75) is 18.6 Å². The van der Waals surface area contributed by atoms with Crippen LogP contribution in [0.1, 0.15) is 29.1 Å². The minimum Gasteiger partial charge on any atom is -0.459 e. The summed E-state index contributed by atoms with van der Waals surface area (Å²) in [7, 11) is 0. The fraction of sp³-hybridized carbons (Fsp3) is 0.125. The molecule has 1 aliphatic rings. The molecule has 2 atom stereocenters.